The van der Waals surface area contributed by atoms with E-state index in [9.17, 15) is 4.79 Å². The minimum Gasteiger partial charge on any atom is -0.356 e. The zero-order valence-corrected chi connectivity index (χ0v) is 16.7. The van der Waals surface area contributed by atoms with Gasteiger partial charge in [-0.2, -0.15) is 0 Å². The number of nitrogens with one attached hydrogen (secondary N) is 2. The summed E-state index contributed by atoms with van der Waals surface area (Å²) in [6.45, 7) is 1.66. The average molecular weight is 394 g/mol. The molecule has 2 N–H and O–H groups in total. The largest absolute Gasteiger partial charge is 0.356 e. The van der Waals surface area contributed by atoms with E-state index in [2.05, 4.69) is 15.5 Å². The number of anilines is 2. The van der Waals surface area contributed by atoms with Crippen molar-refractivity contribution in [2.75, 3.05) is 32.5 Å². The van der Waals surface area contributed by atoms with Crippen LogP contribution in [0, 0.1) is 0 Å². The third-order valence-electron chi connectivity index (χ3n) is 3.97. The summed E-state index contributed by atoms with van der Waals surface area (Å²) < 4.78 is 0. The number of carbonyl (C=O) groups is 1. The van der Waals surface area contributed by atoms with Gasteiger partial charge >= 0.3 is 0 Å². The number of aryl methyl sites for hydroxylation is 1. The molecule has 0 saturated carbocycles. The molecule has 140 valence electrons. The number of carbonyl (C=O) groups excluding carboxylic acids is 1. The SMILES string of the molecule is CN(C)CCCNC(=O)CCc1ccccc1Nc1c(Cl)cccc1Cl. The zero-order chi connectivity index (χ0) is 18.9. The number of hydrogen-bond acceptors (Lipinski definition) is 3. The van der Waals surface area contributed by atoms with E-state index in [4.69, 9.17) is 23.2 Å². The number of benzene rings is 2. The molecule has 26 heavy (non-hydrogen) atoms. The number of para-hydroxylation sites is 2. The minimum atomic E-state index is 0.0642. The highest BCUT2D eigenvalue weighted by molar-refractivity contribution is 6.39. The normalized spacial score (nSPS) is 10.8. The average Bonchev–Trinajstić information content (AvgIpc) is 2.61. The predicted molar refractivity (Wildman–Crippen MR) is 111 cm³/mol. The molecule has 0 aliphatic rings. The molecule has 0 atom stereocenters. The van der Waals surface area contributed by atoms with Crippen LogP contribution in [-0.4, -0.2) is 38.0 Å². The van der Waals surface area contributed by atoms with Gasteiger partial charge in [-0.05, 0) is 57.2 Å². The van der Waals surface area contributed by atoms with Crippen molar-refractivity contribution in [1.82, 2.24) is 10.2 Å². The van der Waals surface area contributed by atoms with E-state index in [1.807, 2.05) is 44.4 Å². The van der Waals surface area contributed by atoms with Crippen LogP contribution in [0.1, 0.15) is 18.4 Å². The summed E-state index contributed by atoms with van der Waals surface area (Å²) in [7, 11) is 4.05. The highest BCUT2D eigenvalue weighted by Gasteiger charge is 2.10. The van der Waals surface area contributed by atoms with Gasteiger partial charge in [-0.1, -0.05) is 47.5 Å². The zero-order valence-electron chi connectivity index (χ0n) is 15.2. The third kappa shape index (κ3) is 6.52. The molecular formula is C20H25Cl2N3O. The summed E-state index contributed by atoms with van der Waals surface area (Å²) in [6, 6.07) is 13.3. The lowest BCUT2D eigenvalue weighted by Gasteiger charge is -2.14. The van der Waals surface area contributed by atoms with Crippen molar-refractivity contribution in [2.24, 2.45) is 0 Å². The molecular weight excluding hydrogens is 369 g/mol. The molecule has 0 fully saturated rings. The van der Waals surface area contributed by atoms with Gasteiger partial charge in [0.05, 0.1) is 15.7 Å². The summed E-state index contributed by atoms with van der Waals surface area (Å²) in [5, 5.41) is 7.39. The Bertz CT molecular complexity index is 714. The van der Waals surface area contributed by atoms with Crippen LogP contribution >= 0.6 is 23.2 Å². The summed E-state index contributed by atoms with van der Waals surface area (Å²) in [4.78, 5) is 14.2. The first-order chi connectivity index (χ1) is 12.5. The molecule has 0 heterocycles. The third-order valence-corrected chi connectivity index (χ3v) is 4.60. The molecule has 2 aromatic carbocycles. The van der Waals surface area contributed by atoms with Gasteiger partial charge in [-0.15, -0.1) is 0 Å². The Morgan fingerprint density at radius 2 is 1.73 bits per heavy atom. The number of rotatable bonds is 9. The van der Waals surface area contributed by atoms with Gasteiger partial charge in [0.2, 0.25) is 5.91 Å². The monoisotopic (exact) mass is 393 g/mol. The highest BCUT2D eigenvalue weighted by atomic mass is 35.5. The van der Waals surface area contributed by atoms with Gasteiger partial charge in [0, 0.05) is 18.7 Å². The van der Waals surface area contributed by atoms with E-state index in [0.29, 0.717) is 35.1 Å². The fraction of sp³-hybridized carbons (Fsp3) is 0.350. The lowest BCUT2D eigenvalue weighted by Crippen LogP contribution is -2.27. The van der Waals surface area contributed by atoms with Crippen molar-refractivity contribution in [3.8, 4) is 0 Å². The number of amides is 1. The van der Waals surface area contributed by atoms with Gasteiger partial charge in [-0.25, -0.2) is 0 Å². The Kier molecular flexibility index (Phi) is 8.23. The standard InChI is InChI=1S/C20H25Cl2N3O/c1-25(2)14-6-13-23-19(26)12-11-15-7-3-4-10-18(15)24-20-16(21)8-5-9-17(20)22/h3-5,7-10,24H,6,11-14H2,1-2H3,(H,23,26). The minimum absolute atomic E-state index is 0.0642. The summed E-state index contributed by atoms with van der Waals surface area (Å²) in [5.74, 6) is 0.0642. The van der Waals surface area contributed by atoms with Gasteiger partial charge in [-0.3, -0.25) is 4.79 Å². The highest BCUT2D eigenvalue weighted by Crippen LogP contribution is 2.33. The molecule has 1 amide bonds. The maximum atomic E-state index is 12.1. The van der Waals surface area contributed by atoms with Crippen LogP contribution in [0.4, 0.5) is 11.4 Å². The quantitative estimate of drug-likeness (QED) is 0.604. The summed E-state index contributed by atoms with van der Waals surface area (Å²) in [6.07, 6.45) is 2.03. The van der Waals surface area contributed by atoms with E-state index in [1.165, 1.54) is 0 Å². The first-order valence-electron chi connectivity index (χ1n) is 8.67. The first kappa shape index (κ1) is 20.6. The maximum Gasteiger partial charge on any atom is 0.220 e. The van der Waals surface area contributed by atoms with Crippen LogP contribution in [-0.2, 0) is 11.2 Å². The Labute approximate surface area is 165 Å². The second-order valence-corrected chi connectivity index (χ2v) is 7.20. The molecule has 0 bridgehead atoms. The van der Waals surface area contributed by atoms with Crippen LogP contribution in [0.3, 0.4) is 0 Å². The fourth-order valence-corrected chi connectivity index (χ4v) is 3.06. The van der Waals surface area contributed by atoms with Crippen LogP contribution in [0.2, 0.25) is 10.0 Å². The Morgan fingerprint density at radius 3 is 2.42 bits per heavy atom. The van der Waals surface area contributed by atoms with Crippen molar-refractivity contribution >= 4 is 40.5 Å². The molecule has 0 aliphatic carbocycles. The van der Waals surface area contributed by atoms with Crippen LogP contribution < -0.4 is 10.6 Å². The molecule has 0 unspecified atom stereocenters. The molecule has 0 aliphatic heterocycles. The number of nitrogens with zero attached hydrogens (tertiary/aromatic N) is 1. The molecule has 6 heteroatoms. The summed E-state index contributed by atoms with van der Waals surface area (Å²) >= 11 is 12.5. The Hall–Kier alpha value is -1.75. The topological polar surface area (TPSA) is 44.4 Å². The number of halogens is 2. The predicted octanol–water partition coefficient (Wildman–Crippen LogP) is 4.74. The van der Waals surface area contributed by atoms with Crippen LogP contribution in [0.25, 0.3) is 0 Å². The molecule has 0 saturated heterocycles. The fourth-order valence-electron chi connectivity index (χ4n) is 2.57. The maximum absolute atomic E-state index is 12.1. The first-order valence-corrected chi connectivity index (χ1v) is 9.43. The molecule has 4 nitrogen and oxygen atoms in total. The Morgan fingerprint density at radius 1 is 1.04 bits per heavy atom. The van der Waals surface area contributed by atoms with Crippen molar-refractivity contribution in [3.05, 3.63) is 58.1 Å². The van der Waals surface area contributed by atoms with Crippen molar-refractivity contribution in [3.63, 3.8) is 0 Å². The van der Waals surface area contributed by atoms with Crippen molar-refractivity contribution in [2.45, 2.75) is 19.3 Å². The molecule has 0 radical (unpaired) electrons. The van der Waals surface area contributed by atoms with Gasteiger partial charge in [0.15, 0.2) is 0 Å². The smallest absolute Gasteiger partial charge is 0.220 e. The second kappa shape index (κ2) is 10.4. The van der Waals surface area contributed by atoms with E-state index < -0.39 is 0 Å². The van der Waals surface area contributed by atoms with E-state index in [1.54, 1.807) is 12.1 Å². The molecule has 0 aromatic heterocycles. The molecule has 2 aromatic rings. The second-order valence-electron chi connectivity index (χ2n) is 6.39. The molecule has 0 spiro atoms. The van der Waals surface area contributed by atoms with E-state index >= 15 is 0 Å². The van der Waals surface area contributed by atoms with Crippen molar-refractivity contribution in [1.29, 1.82) is 0 Å². The van der Waals surface area contributed by atoms with Crippen LogP contribution in [0.15, 0.2) is 42.5 Å². The van der Waals surface area contributed by atoms with Crippen molar-refractivity contribution < 1.29 is 4.79 Å². The summed E-state index contributed by atoms with van der Waals surface area (Å²) in [5.41, 5.74) is 2.63. The lowest BCUT2D eigenvalue weighted by molar-refractivity contribution is -0.121. The van der Waals surface area contributed by atoms with E-state index in [0.717, 1.165) is 24.2 Å². The number of hydrogen-bond donors (Lipinski definition) is 2. The van der Waals surface area contributed by atoms with Gasteiger partial charge in [0.25, 0.3) is 0 Å². The van der Waals surface area contributed by atoms with Gasteiger partial charge < -0.3 is 15.5 Å². The Balaban J connectivity index is 1.94. The van der Waals surface area contributed by atoms with Gasteiger partial charge in [0.1, 0.15) is 0 Å². The molecule has 2 rings (SSSR count). The lowest BCUT2D eigenvalue weighted by atomic mass is 10.1. The van der Waals surface area contributed by atoms with E-state index in [-0.39, 0.29) is 5.91 Å². The van der Waals surface area contributed by atoms with Crippen LogP contribution in [0.5, 0.6) is 0 Å².